The Bertz CT molecular complexity index is 526. The van der Waals surface area contributed by atoms with Crippen molar-refractivity contribution < 1.29 is 0 Å². The average Bonchev–Trinajstić information content (AvgIpc) is 2.46. The first-order valence-corrected chi connectivity index (χ1v) is 5.65. The summed E-state index contributed by atoms with van der Waals surface area (Å²) in [6.45, 7) is 0. The lowest BCUT2D eigenvalue weighted by molar-refractivity contribution is 0.891. The molecule has 2 rings (SSSR count). The van der Waals surface area contributed by atoms with Crippen molar-refractivity contribution in [3.63, 3.8) is 0 Å². The Morgan fingerprint density at radius 2 is 1.39 bits per heavy atom. The molecule has 1 atom stereocenters. The number of hydrogen-bond acceptors (Lipinski definition) is 3. The third kappa shape index (κ3) is 2.82. The molecule has 0 spiro atoms. The fourth-order valence-electron chi connectivity index (χ4n) is 1.68. The zero-order valence-corrected chi connectivity index (χ0v) is 9.82. The van der Waals surface area contributed by atoms with Crippen LogP contribution < -0.4 is 5.73 Å². The molecule has 0 aliphatic carbocycles. The van der Waals surface area contributed by atoms with Crippen LogP contribution in [0.5, 0.6) is 0 Å². The molecule has 2 aromatic carbocycles. The number of benzene rings is 2. The molecule has 0 amide bonds. The van der Waals surface area contributed by atoms with Gasteiger partial charge in [0.15, 0.2) is 6.17 Å². The van der Waals surface area contributed by atoms with Gasteiger partial charge in [0.2, 0.25) is 0 Å². The highest BCUT2D eigenvalue weighted by Crippen LogP contribution is 2.11. The minimum atomic E-state index is -0.847. The van der Waals surface area contributed by atoms with E-state index in [-0.39, 0.29) is 0 Å². The number of nitrogens with zero attached hydrogens (tertiary/aromatic N) is 2. The van der Waals surface area contributed by atoms with Crippen LogP contribution in [0.2, 0.25) is 0 Å². The summed E-state index contributed by atoms with van der Waals surface area (Å²) in [6.07, 6.45) is -0.847. The van der Waals surface area contributed by atoms with Crippen molar-refractivity contribution in [3.05, 3.63) is 71.8 Å². The van der Waals surface area contributed by atoms with Gasteiger partial charge in [-0.1, -0.05) is 60.7 Å². The summed E-state index contributed by atoms with van der Waals surface area (Å²) in [6, 6.07) is 21.4. The SMILES string of the molecule is N#CC(N)N=C(c1ccccc1)c1ccccc1. The molecule has 0 saturated heterocycles. The minimum Gasteiger partial charge on any atom is -0.298 e. The van der Waals surface area contributed by atoms with Gasteiger partial charge < -0.3 is 0 Å². The minimum absolute atomic E-state index is 0.741. The molecule has 1 unspecified atom stereocenters. The van der Waals surface area contributed by atoms with Gasteiger partial charge in [0.25, 0.3) is 0 Å². The fourth-order valence-corrected chi connectivity index (χ4v) is 1.68. The Hall–Kier alpha value is -2.44. The van der Waals surface area contributed by atoms with Gasteiger partial charge in [0.05, 0.1) is 5.71 Å². The molecule has 0 saturated carbocycles. The summed E-state index contributed by atoms with van der Waals surface area (Å²) in [5.74, 6) is 0. The van der Waals surface area contributed by atoms with Crippen LogP contribution in [-0.2, 0) is 0 Å². The van der Waals surface area contributed by atoms with Crippen LogP contribution in [0.3, 0.4) is 0 Å². The Labute approximate surface area is 106 Å². The van der Waals surface area contributed by atoms with Gasteiger partial charge in [-0.3, -0.25) is 10.7 Å². The van der Waals surface area contributed by atoms with Gasteiger partial charge in [-0.2, -0.15) is 5.26 Å². The average molecular weight is 235 g/mol. The summed E-state index contributed by atoms with van der Waals surface area (Å²) in [7, 11) is 0. The smallest absolute Gasteiger partial charge is 0.185 e. The lowest BCUT2D eigenvalue weighted by Gasteiger charge is -2.08. The maximum Gasteiger partial charge on any atom is 0.185 e. The van der Waals surface area contributed by atoms with E-state index in [2.05, 4.69) is 4.99 Å². The normalized spacial score (nSPS) is 11.3. The molecule has 0 radical (unpaired) electrons. The molecule has 3 nitrogen and oxygen atoms in total. The monoisotopic (exact) mass is 235 g/mol. The second kappa shape index (κ2) is 5.76. The van der Waals surface area contributed by atoms with Crippen molar-refractivity contribution in [1.29, 1.82) is 5.26 Å². The van der Waals surface area contributed by atoms with Gasteiger partial charge in [0, 0.05) is 11.1 Å². The first-order valence-electron chi connectivity index (χ1n) is 5.65. The van der Waals surface area contributed by atoms with Gasteiger partial charge in [-0.25, -0.2) is 0 Å². The zero-order valence-electron chi connectivity index (χ0n) is 9.82. The lowest BCUT2D eigenvalue weighted by Crippen LogP contribution is -2.18. The number of hydrogen-bond donors (Lipinski definition) is 1. The summed E-state index contributed by atoms with van der Waals surface area (Å²) in [4.78, 5) is 4.27. The third-order valence-electron chi connectivity index (χ3n) is 2.49. The van der Waals surface area contributed by atoms with Gasteiger partial charge in [-0.05, 0) is 0 Å². The van der Waals surface area contributed by atoms with E-state index in [0.717, 1.165) is 16.8 Å². The van der Waals surface area contributed by atoms with Gasteiger partial charge in [0.1, 0.15) is 6.07 Å². The standard InChI is InChI=1S/C15H13N3/c16-11-14(17)18-15(12-7-3-1-4-8-12)13-9-5-2-6-10-13/h1-10,14H,17H2. The molecule has 88 valence electrons. The Balaban J connectivity index is 2.50. The van der Waals surface area contributed by atoms with Gasteiger partial charge >= 0.3 is 0 Å². The van der Waals surface area contributed by atoms with Crippen molar-refractivity contribution in [2.45, 2.75) is 6.17 Å². The topological polar surface area (TPSA) is 62.2 Å². The van der Waals surface area contributed by atoms with E-state index >= 15 is 0 Å². The summed E-state index contributed by atoms with van der Waals surface area (Å²) < 4.78 is 0. The summed E-state index contributed by atoms with van der Waals surface area (Å²) in [5.41, 5.74) is 8.25. The maximum absolute atomic E-state index is 8.80. The largest absolute Gasteiger partial charge is 0.298 e. The number of rotatable bonds is 3. The second-order valence-corrected chi connectivity index (χ2v) is 3.78. The second-order valence-electron chi connectivity index (χ2n) is 3.78. The van der Waals surface area contributed by atoms with Crippen molar-refractivity contribution in [2.24, 2.45) is 10.7 Å². The molecule has 3 heteroatoms. The molecule has 0 bridgehead atoms. The highest BCUT2D eigenvalue weighted by atomic mass is 14.9. The number of nitriles is 1. The molecule has 0 aromatic heterocycles. The molecule has 2 N–H and O–H groups in total. The van der Waals surface area contributed by atoms with E-state index in [1.165, 1.54) is 0 Å². The van der Waals surface area contributed by atoms with Gasteiger partial charge in [-0.15, -0.1) is 0 Å². The fraction of sp³-hybridized carbons (Fsp3) is 0.0667. The van der Waals surface area contributed by atoms with Crippen molar-refractivity contribution in [2.75, 3.05) is 0 Å². The van der Waals surface area contributed by atoms with Crippen molar-refractivity contribution >= 4 is 5.71 Å². The van der Waals surface area contributed by atoms with E-state index in [9.17, 15) is 0 Å². The van der Waals surface area contributed by atoms with E-state index in [1.807, 2.05) is 66.7 Å². The first-order chi connectivity index (χ1) is 8.81. The van der Waals surface area contributed by atoms with Crippen LogP contribution in [0.15, 0.2) is 65.7 Å². The van der Waals surface area contributed by atoms with Crippen LogP contribution in [0, 0.1) is 11.3 Å². The van der Waals surface area contributed by atoms with E-state index in [4.69, 9.17) is 11.0 Å². The molecular formula is C15H13N3. The molecule has 0 fully saturated rings. The predicted octanol–water partition coefficient (Wildman–Crippen LogP) is 2.33. The molecule has 18 heavy (non-hydrogen) atoms. The molecular weight excluding hydrogens is 222 g/mol. The maximum atomic E-state index is 8.80. The molecule has 0 aliphatic heterocycles. The molecule has 0 aliphatic rings. The van der Waals surface area contributed by atoms with Crippen molar-refractivity contribution in [1.82, 2.24) is 0 Å². The van der Waals surface area contributed by atoms with Crippen LogP contribution in [0.4, 0.5) is 0 Å². The lowest BCUT2D eigenvalue weighted by atomic mass is 10.0. The zero-order chi connectivity index (χ0) is 12.8. The molecule has 0 heterocycles. The van der Waals surface area contributed by atoms with Crippen LogP contribution in [-0.4, -0.2) is 11.9 Å². The van der Waals surface area contributed by atoms with Crippen LogP contribution >= 0.6 is 0 Å². The highest BCUT2D eigenvalue weighted by Gasteiger charge is 2.07. The Morgan fingerprint density at radius 1 is 0.944 bits per heavy atom. The van der Waals surface area contributed by atoms with Crippen molar-refractivity contribution in [3.8, 4) is 6.07 Å². The van der Waals surface area contributed by atoms with E-state index < -0.39 is 6.17 Å². The third-order valence-corrected chi connectivity index (χ3v) is 2.49. The molecule has 2 aromatic rings. The predicted molar refractivity (Wildman–Crippen MR) is 72.1 cm³/mol. The number of aliphatic imine (C=N–C) groups is 1. The first kappa shape index (κ1) is 12.0. The summed E-state index contributed by atoms with van der Waals surface area (Å²) >= 11 is 0. The van der Waals surface area contributed by atoms with E-state index in [0.29, 0.717) is 0 Å². The number of nitrogens with two attached hydrogens (primary N) is 1. The summed E-state index contributed by atoms with van der Waals surface area (Å²) in [5, 5.41) is 8.80. The Kier molecular flexibility index (Phi) is 3.85. The highest BCUT2D eigenvalue weighted by molar-refractivity contribution is 6.13. The van der Waals surface area contributed by atoms with Crippen LogP contribution in [0.1, 0.15) is 11.1 Å². The Morgan fingerprint density at radius 3 is 1.78 bits per heavy atom. The van der Waals surface area contributed by atoms with E-state index in [1.54, 1.807) is 0 Å². The quantitative estimate of drug-likeness (QED) is 0.830. The van der Waals surface area contributed by atoms with Crippen LogP contribution in [0.25, 0.3) is 0 Å².